The summed E-state index contributed by atoms with van der Waals surface area (Å²) in [6.45, 7) is 2.20. The first-order valence-electron chi connectivity index (χ1n) is 9.99. The minimum absolute atomic E-state index is 0.191. The van der Waals surface area contributed by atoms with E-state index in [0.29, 0.717) is 17.9 Å². The molecule has 0 bridgehead atoms. The number of carbonyl (C=O) groups is 1. The van der Waals surface area contributed by atoms with Gasteiger partial charge in [0, 0.05) is 12.2 Å². The summed E-state index contributed by atoms with van der Waals surface area (Å²) in [5, 5.41) is 2.84. The van der Waals surface area contributed by atoms with Crippen LogP contribution in [0.4, 0.5) is 5.69 Å². The Balaban J connectivity index is 1.48. The Bertz CT molecular complexity index is 1190. The van der Waals surface area contributed by atoms with Crippen molar-refractivity contribution < 1.29 is 17.9 Å². The number of amides is 1. The highest BCUT2D eigenvalue weighted by molar-refractivity contribution is 7.88. The van der Waals surface area contributed by atoms with Crippen LogP contribution >= 0.6 is 0 Å². The third-order valence-electron chi connectivity index (χ3n) is 5.31. The number of aryl methyl sites for hydroxylation is 1. The molecule has 0 radical (unpaired) electrons. The summed E-state index contributed by atoms with van der Waals surface area (Å²) in [4.78, 5) is 13.0. The summed E-state index contributed by atoms with van der Waals surface area (Å²) in [5.74, 6) is 1.02. The van der Waals surface area contributed by atoms with Crippen molar-refractivity contribution >= 4 is 21.6 Å². The number of carbonyl (C=O) groups excluding carboxylic acids is 1. The number of hydrogen-bond acceptors (Lipinski definition) is 4. The number of rotatable bonds is 5. The molecular formula is C24H24N2O4S. The molecule has 0 unspecified atom stereocenters. The first-order valence-corrected chi connectivity index (χ1v) is 11.8. The van der Waals surface area contributed by atoms with Gasteiger partial charge in [-0.25, -0.2) is 8.42 Å². The van der Waals surface area contributed by atoms with Crippen molar-refractivity contribution in [2.24, 2.45) is 0 Å². The Kier molecular flexibility index (Phi) is 5.80. The highest BCUT2D eigenvalue weighted by atomic mass is 32.2. The van der Waals surface area contributed by atoms with Crippen LogP contribution in [0.1, 0.15) is 16.7 Å². The fraction of sp³-hybridized carbons (Fsp3) is 0.208. The van der Waals surface area contributed by atoms with E-state index in [-0.39, 0.29) is 12.5 Å². The van der Waals surface area contributed by atoms with Crippen LogP contribution in [-0.4, -0.2) is 30.9 Å². The lowest BCUT2D eigenvalue weighted by molar-refractivity contribution is -0.120. The Morgan fingerprint density at radius 3 is 2.13 bits per heavy atom. The largest absolute Gasteiger partial charge is 0.457 e. The van der Waals surface area contributed by atoms with Crippen molar-refractivity contribution in [1.82, 2.24) is 4.31 Å². The molecule has 4 rings (SSSR count). The van der Waals surface area contributed by atoms with Crippen LogP contribution in [0.3, 0.4) is 0 Å². The average Bonchev–Trinajstić information content (AvgIpc) is 2.75. The molecule has 1 heterocycles. The van der Waals surface area contributed by atoms with Crippen molar-refractivity contribution in [2.75, 3.05) is 11.6 Å². The van der Waals surface area contributed by atoms with Gasteiger partial charge in [0.05, 0.1) is 6.26 Å². The van der Waals surface area contributed by atoms with Gasteiger partial charge in [-0.15, -0.1) is 0 Å². The Morgan fingerprint density at radius 2 is 1.52 bits per heavy atom. The standard InChI is InChI=1S/C24H24N2O4S/c1-17-7-11-21(12-8-17)30-22-13-9-20(10-14-22)25-24(27)23-15-18-5-3-4-6-19(18)16-26(23)31(2,28)29/h3-14,23H,15-16H2,1-2H3,(H,25,27)/t23-/m1/s1. The molecule has 1 aliphatic heterocycles. The topological polar surface area (TPSA) is 75.7 Å². The van der Waals surface area contributed by atoms with Gasteiger partial charge in [-0.1, -0.05) is 42.0 Å². The Labute approximate surface area is 182 Å². The second kappa shape index (κ2) is 8.53. The molecule has 160 valence electrons. The van der Waals surface area contributed by atoms with E-state index in [1.54, 1.807) is 24.3 Å². The van der Waals surface area contributed by atoms with Gasteiger partial charge in [0.2, 0.25) is 15.9 Å². The zero-order chi connectivity index (χ0) is 22.0. The van der Waals surface area contributed by atoms with E-state index in [4.69, 9.17) is 4.74 Å². The molecule has 0 saturated carbocycles. The Morgan fingerprint density at radius 1 is 0.935 bits per heavy atom. The summed E-state index contributed by atoms with van der Waals surface area (Å²) >= 11 is 0. The van der Waals surface area contributed by atoms with Crippen molar-refractivity contribution in [3.8, 4) is 11.5 Å². The molecule has 0 fully saturated rings. The number of benzene rings is 3. The normalized spacial score (nSPS) is 16.4. The molecule has 0 spiro atoms. The minimum Gasteiger partial charge on any atom is -0.457 e. The van der Waals surface area contributed by atoms with Crippen molar-refractivity contribution in [1.29, 1.82) is 0 Å². The monoisotopic (exact) mass is 436 g/mol. The number of nitrogens with one attached hydrogen (secondary N) is 1. The molecule has 1 aliphatic rings. The highest BCUT2D eigenvalue weighted by Gasteiger charge is 2.36. The van der Waals surface area contributed by atoms with Gasteiger partial charge >= 0.3 is 0 Å². The van der Waals surface area contributed by atoms with Gasteiger partial charge in [-0.2, -0.15) is 4.31 Å². The molecule has 0 aromatic heterocycles. The number of nitrogens with zero attached hydrogens (tertiary/aromatic N) is 1. The van der Waals surface area contributed by atoms with Gasteiger partial charge < -0.3 is 10.1 Å². The van der Waals surface area contributed by atoms with E-state index in [2.05, 4.69) is 5.32 Å². The summed E-state index contributed by atoms with van der Waals surface area (Å²) in [5.41, 5.74) is 3.64. The predicted octanol–water partition coefficient (Wildman–Crippen LogP) is 4.11. The molecule has 3 aromatic carbocycles. The quantitative estimate of drug-likeness (QED) is 0.653. The third kappa shape index (κ3) is 4.95. The second-order valence-corrected chi connectivity index (χ2v) is 9.66. The van der Waals surface area contributed by atoms with Crippen molar-refractivity contribution in [3.05, 3.63) is 89.5 Å². The maximum absolute atomic E-state index is 13.0. The van der Waals surface area contributed by atoms with E-state index in [1.807, 2.05) is 55.5 Å². The summed E-state index contributed by atoms with van der Waals surface area (Å²) in [6, 6.07) is 21.5. The molecule has 1 amide bonds. The highest BCUT2D eigenvalue weighted by Crippen LogP contribution is 2.27. The maximum atomic E-state index is 13.0. The zero-order valence-corrected chi connectivity index (χ0v) is 18.2. The average molecular weight is 437 g/mol. The lowest BCUT2D eigenvalue weighted by atomic mass is 9.95. The molecule has 3 aromatic rings. The van der Waals surface area contributed by atoms with Gasteiger partial charge in [-0.05, 0) is 60.9 Å². The van der Waals surface area contributed by atoms with E-state index >= 15 is 0 Å². The molecule has 7 heteroatoms. The molecule has 0 saturated heterocycles. The third-order valence-corrected chi connectivity index (χ3v) is 6.55. The first kappa shape index (κ1) is 21.1. The number of sulfonamides is 1. The number of fused-ring (bicyclic) bond motifs is 1. The van der Waals surface area contributed by atoms with Crippen LogP contribution in [0.25, 0.3) is 0 Å². The summed E-state index contributed by atoms with van der Waals surface area (Å²) < 4.78 is 31.7. The van der Waals surface area contributed by atoms with E-state index in [0.717, 1.165) is 28.7 Å². The zero-order valence-electron chi connectivity index (χ0n) is 17.4. The van der Waals surface area contributed by atoms with E-state index in [1.165, 1.54) is 4.31 Å². The lowest BCUT2D eigenvalue weighted by Crippen LogP contribution is -2.50. The number of hydrogen-bond donors (Lipinski definition) is 1. The van der Waals surface area contributed by atoms with Gasteiger partial charge in [-0.3, -0.25) is 4.79 Å². The van der Waals surface area contributed by atoms with Crippen LogP contribution in [-0.2, 0) is 27.8 Å². The SMILES string of the molecule is Cc1ccc(Oc2ccc(NC(=O)[C@H]3Cc4ccccc4CN3S(C)(=O)=O)cc2)cc1. The Hall–Kier alpha value is -3.16. The molecule has 1 atom stereocenters. The van der Waals surface area contributed by atoms with E-state index in [9.17, 15) is 13.2 Å². The fourth-order valence-electron chi connectivity index (χ4n) is 3.65. The van der Waals surface area contributed by atoms with E-state index < -0.39 is 16.1 Å². The second-order valence-electron chi connectivity index (χ2n) is 7.73. The van der Waals surface area contributed by atoms with Crippen LogP contribution in [0.15, 0.2) is 72.8 Å². The fourth-order valence-corrected chi connectivity index (χ4v) is 4.65. The minimum atomic E-state index is -3.55. The smallest absolute Gasteiger partial charge is 0.243 e. The van der Waals surface area contributed by atoms with Crippen molar-refractivity contribution in [2.45, 2.75) is 25.9 Å². The molecule has 1 N–H and O–H groups in total. The van der Waals surface area contributed by atoms with Gasteiger partial charge in [0.15, 0.2) is 0 Å². The first-order chi connectivity index (χ1) is 14.8. The van der Waals surface area contributed by atoms with Gasteiger partial charge in [0.1, 0.15) is 17.5 Å². The number of anilines is 1. The summed E-state index contributed by atoms with van der Waals surface area (Å²) in [7, 11) is -3.55. The van der Waals surface area contributed by atoms with Crippen molar-refractivity contribution in [3.63, 3.8) is 0 Å². The molecule has 31 heavy (non-hydrogen) atoms. The lowest BCUT2D eigenvalue weighted by Gasteiger charge is -2.34. The van der Waals surface area contributed by atoms with Crippen LogP contribution in [0, 0.1) is 6.92 Å². The van der Waals surface area contributed by atoms with Crippen LogP contribution in [0.2, 0.25) is 0 Å². The molecule has 0 aliphatic carbocycles. The molecule has 6 nitrogen and oxygen atoms in total. The predicted molar refractivity (Wildman–Crippen MR) is 121 cm³/mol. The number of ether oxygens (including phenoxy) is 1. The van der Waals surface area contributed by atoms with Crippen LogP contribution < -0.4 is 10.1 Å². The van der Waals surface area contributed by atoms with Gasteiger partial charge in [0.25, 0.3) is 0 Å². The van der Waals surface area contributed by atoms with Crippen LogP contribution in [0.5, 0.6) is 11.5 Å². The maximum Gasteiger partial charge on any atom is 0.243 e. The molecular weight excluding hydrogens is 412 g/mol. The summed E-state index contributed by atoms with van der Waals surface area (Å²) in [6.07, 6.45) is 1.47.